The number of carbonyl (C=O) groups excluding carboxylic acids is 1. The van der Waals surface area contributed by atoms with Gasteiger partial charge in [-0.25, -0.2) is 0 Å². The standard InChI is InChI=1S/C10H9NO3S2/c12-7(13)5-11-9(14)8(16-10(11)15)6-3-1-2-4-6/h1,3H,2,4-5H2,(H,12,13). The molecule has 1 aliphatic heterocycles. The quantitative estimate of drug-likeness (QED) is 0.599. The number of aliphatic carboxylic acids is 1. The highest BCUT2D eigenvalue weighted by Gasteiger charge is 2.35. The molecule has 0 spiro atoms. The van der Waals surface area contributed by atoms with Crippen molar-refractivity contribution in [3.63, 3.8) is 0 Å². The smallest absolute Gasteiger partial charge is 0.323 e. The number of amides is 1. The molecule has 1 N–H and O–H groups in total. The molecule has 0 saturated carbocycles. The van der Waals surface area contributed by atoms with Gasteiger partial charge >= 0.3 is 5.97 Å². The summed E-state index contributed by atoms with van der Waals surface area (Å²) in [6.45, 7) is -0.356. The first-order valence-electron chi connectivity index (χ1n) is 4.75. The van der Waals surface area contributed by atoms with Gasteiger partial charge in [0.1, 0.15) is 10.9 Å². The normalized spacial score (nSPS) is 24.6. The maximum atomic E-state index is 11.9. The van der Waals surface area contributed by atoms with E-state index in [1.165, 1.54) is 11.8 Å². The lowest BCUT2D eigenvalue weighted by atomic mass is 10.2. The van der Waals surface area contributed by atoms with Gasteiger partial charge in [0.05, 0.1) is 4.91 Å². The summed E-state index contributed by atoms with van der Waals surface area (Å²) in [6.07, 6.45) is 5.67. The molecule has 0 aromatic heterocycles. The van der Waals surface area contributed by atoms with Crippen LogP contribution in [0.2, 0.25) is 0 Å². The number of hydrogen-bond acceptors (Lipinski definition) is 4. The molecule has 1 saturated heterocycles. The Labute approximate surface area is 102 Å². The Kier molecular flexibility index (Phi) is 3.11. The average Bonchev–Trinajstić information content (AvgIpc) is 2.80. The van der Waals surface area contributed by atoms with Gasteiger partial charge in [0.15, 0.2) is 0 Å². The summed E-state index contributed by atoms with van der Waals surface area (Å²) in [6, 6.07) is 0. The molecule has 0 aromatic carbocycles. The molecular formula is C10H9NO3S2. The Morgan fingerprint density at radius 1 is 1.62 bits per heavy atom. The van der Waals surface area contributed by atoms with Gasteiger partial charge in [0.2, 0.25) is 0 Å². The third-order valence-corrected chi connectivity index (χ3v) is 3.84. The van der Waals surface area contributed by atoms with Gasteiger partial charge in [-0.1, -0.05) is 36.1 Å². The molecule has 0 aromatic rings. The van der Waals surface area contributed by atoms with Crippen LogP contribution < -0.4 is 0 Å². The predicted octanol–water partition coefficient (Wildman–Crippen LogP) is 1.54. The van der Waals surface area contributed by atoms with Gasteiger partial charge in [-0.3, -0.25) is 14.5 Å². The summed E-state index contributed by atoms with van der Waals surface area (Å²) in [4.78, 5) is 24.2. The topological polar surface area (TPSA) is 57.6 Å². The number of carbonyl (C=O) groups is 2. The fourth-order valence-corrected chi connectivity index (χ4v) is 2.93. The molecule has 2 rings (SSSR count). The van der Waals surface area contributed by atoms with Crippen molar-refractivity contribution in [3.8, 4) is 0 Å². The summed E-state index contributed by atoms with van der Waals surface area (Å²) in [7, 11) is 0. The number of rotatable bonds is 2. The highest BCUT2D eigenvalue weighted by atomic mass is 32.2. The minimum Gasteiger partial charge on any atom is -0.480 e. The highest BCUT2D eigenvalue weighted by Crippen LogP contribution is 2.36. The minimum atomic E-state index is -1.05. The van der Waals surface area contributed by atoms with Gasteiger partial charge in [0.25, 0.3) is 5.91 Å². The van der Waals surface area contributed by atoms with Crippen LogP contribution in [0.3, 0.4) is 0 Å². The van der Waals surface area contributed by atoms with E-state index in [0.717, 1.165) is 23.3 Å². The monoisotopic (exact) mass is 255 g/mol. The van der Waals surface area contributed by atoms with Crippen molar-refractivity contribution in [2.45, 2.75) is 12.8 Å². The van der Waals surface area contributed by atoms with Crippen LogP contribution in [-0.4, -0.2) is 32.7 Å². The third-order valence-electron chi connectivity index (χ3n) is 2.33. The molecule has 2 aliphatic rings. The first kappa shape index (κ1) is 11.3. The maximum Gasteiger partial charge on any atom is 0.323 e. The van der Waals surface area contributed by atoms with Crippen molar-refractivity contribution in [2.24, 2.45) is 0 Å². The molecule has 16 heavy (non-hydrogen) atoms. The Morgan fingerprint density at radius 2 is 2.38 bits per heavy atom. The van der Waals surface area contributed by atoms with Crippen molar-refractivity contribution in [3.05, 3.63) is 22.6 Å². The molecule has 0 atom stereocenters. The van der Waals surface area contributed by atoms with Crippen molar-refractivity contribution in [1.82, 2.24) is 4.90 Å². The second-order valence-electron chi connectivity index (χ2n) is 3.45. The minimum absolute atomic E-state index is 0.279. The summed E-state index contributed by atoms with van der Waals surface area (Å²) >= 11 is 6.19. The number of thiocarbonyl (C=S) groups is 1. The molecule has 1 fully saturated rings. The third kappa shape index (κ3) is 2.03. The largest absolute Gasteiger partial charge is 0.480 e. The first-order chi connectivity index (χ1) is 7.59. The van der Waals surface area contributed by atoms with Crippen LogP contribution in [0.4, 0.5) is 0 Å². The Balaban J connectivity index is 2.25. The lowest BCUT2D eigenvalue weighted by Crippen LogP contribution is -2.33. The van der Waals surface area contributed by atoms with E-state index in [1.54, 1.807) is 0 Å². The number of carboxylic acid groups (broad SMARTS) is 1. The zero-order valence-corrected chi connectivity index (χ0v) is 9.94. The number of allylic oxidation sites excluding steroid dienone is 3. The van der Waals surface area contributed by atoms with Crippen LogP contribution in [-0.2, 0) is 9.59 Å². The van der Waals surface area contributed by atoms with Gasteiger partial charge in [-0.15, -0.1) is 0 Å². The molecule has 0 unspecified atom stereocenters. The van der Waals surface area contributed by atoms with E-state index >= 15 is 0 Å². The van der Waals surface area contributed by atoms with E-state index in [9.17, 15) is 9.59 Å². The van der Waals surface area contributed by atoms with Crippen molar-refractivity contribution in [2.75, 3.05) is 6.54 Å². The second kappa shape index (κ2) is 4.39. The molecule has 1 aliphatic carbocycles. The lowest BCUT2D eigenvalue weighted by molar-refractivity contribution is -0.140. The van der Waals surface area contributed by atoms with E-state index < -0.39 is 5.97 Å². The van der Waals surface area contributed by atoms with E-state index in [2.05, 4.69) is 0 Å². The van der Waals surface area contributed by atoms with Crippen LogP contribution in [0.5, 0.6) is 0 Å². The summed E-state index contributed by atoms with van der Waals surface area (Å²) in [5.74, 6) is -1.33. The average molecular weight is 255 g/mol. The number of nitrogens with zero attached hydrogens (tertiary/aromatic N) is 1. The number of hydrogen-bond donors (Lipinski definition) is 1. The molecule has 6 heteroatoms. The van der Waals surface area contributed by atoms with Crippen LogP contribution in [0.1, 0.15) is 12.8 Å². The summed E-state index contributed by atoms with van der Waals surface area (Å²) in [5, 5.41) is 8.67. The van der Waals surface area contributed by atoms with Crippen LogP contribution in [0, 0.1) is 0 Å². The van der Waals surface area contributed by atoms with Crippen molar-refractivity contribution < 1.29 is 14.7 Å². The lowest BCUT2D eigenvalue weighted by Gasteiger charge is -2.10. The molecule has 0 bridgehead atoms. The van der Waals surface area contributed by atoms with E-state index in [1.807, 2.05) is 12.2 Å². The van der Waals surface area contributed by atoms with Gasteiger partial charge in [0, 0.05) is 0 Å². The van der Waals surface area contributed by atoms with Gasteiger partial charge in [-0.05, 0) is 18.4 Å². The molecule has 1 heterocycles. The van der Waals surface area contributed by atoms with Crippen LogP contribution in [0.25, 0.3) is 0 Å². The SMILES string of the molecule is O=C(O)CN1C(=O)C(=C2C=CCC2)SC1=S. The van der Waals surface area contributed by atoms with Crippen LogP contribution in [0.15, 0.2) is 22.6 Å². The molecule has 84 valence electrons. The zero-order chi connectivity index (χ0) is 11.7. The molecule has 4 nitrogen and oxygen atoms in total. The molecule has 1 amide bonds. The molecule has 0 radical (unpaired) electrons. The van der Waals surface area contributed by atoms with Crippen molar-refractivity contribution >= 4 is 40.2 Å². The highest BCUT2D eigenvalue weighted by molar-refractivity contribution is 8.26. The van der Waals surface area contributed by atoms with E-state index in [4.69, 9.17) is 17.3 Å². The Morgan fingerprint density at radius 3 is 2.94 bits per heavy atom. The van der Waals surface area contributed by atoms with E-state index in [-0.39, 0.29) is 12.5 Å². The van der Waals surface area contributed by atoms with E-state index in [0.29, 0.717) is 9.23 Å². The maximum absolute atomic E-state index is 11.9. The second-order valence-corrected chi connectivity index (χ2v) is 5.09. The Hall–Kier alpha value is -1.14. The summed E-state index contributed by atoms with van der Waals surface area (Å²) < 4.78 is 0.329. The zero-order valence-electron chi connectivity index (χ0n) is 8.30. The first-order valence-corrected chi connectivity index (χ1v) is 5.97. The molecular weight excluding hydrogens is 246 g/mol. The summed E-state index contributed by atoms with van der Waals surface area (Å²) in [5.41, 5.74) is 0.963. The van der Waals surface area contributed by atoms with Crippen molar-refractivity contribution in [1.29, 1.82) is 0 Å². The van der Waals surface area contributed by atoms with Gasteiger partial charge < -0.3 is 5.11 Å². The fourth-order valence-electron chi connectivity index (χ4n) is 1.60. The van der Waals surface area contributed by atoms with Crippen LogP contribution >= 0.6 is 24.0 Å². The predicted molar refractivity (Wildman–Crippen MR) is 64.9 cm³/mol. The number of carboxylic acids is 1. The number of thioether (sulfide) groups is 1. The fraction of sp³-hybridized carbons (Fsp3) is 0.300. The van der Waals surface area contributed by atoms with Gasteiger partial charge in [-0.2, -0.15) is 0 Å². The Bertz CT molecular complexity index is 439.